The largest absolute Gasteiger partial charge is 0.472 e. The van der Waals surface area contributed by atoms with E-state index in [1.165, 1.54) is 193 Å². The highest BCUT2D eigenvalue weighted by Crippen LogP contribution is 2.43. The van der Waals surface area contributed by atoms with Crippen molar-refractivity contribution in [3.05, 3.63) is 60.8 Å². The molecule has 0 aliphatic heterocycles. The van der Waals surface area contributed by atoms with Crippen LogP contribution in [0.4, 0.5) is 0 Å². The maximum Gasteiger partial charge on any atom is 0.472 e. The fourth-order valence-corrected chi connectivity index (χ4v) is 9.86. The van der Waals surface area contributed by atoms with E-state index in [0.29, 0.717) is 17.4 Å². The molecule has 2 atom stereocenters. The van der Waals surface area contributed by atoms with Crippen molar-refractivity contribution < 1.29 is 42.1 Å². The number of carbonyl (C=O) groups is 2. The Morgan fingerprint density at radius 2 is 0.750 bits per heavy atom. The van der Waals surface area contributed by atoms with Crippen LogP contribution in [0.1, 0.15) is 296 Å². The summed E-state index contributed by atoms with van der Waals surface area (Å²) >= 11 is 0. The summed E-state index contributed by atoms with van der Waals surface area (Å²) in [7, 11) is 1.46. The summed E-state index contributed by atoms with van der Waals surface area (Å²) in [6, 6.07) is 0. The van der Waals surface area contributed by atoms with Crippen LogP contribution in [-0.2, 0) is 32.7 Å². The number of phosphoric acid groups is 1. The number of likely N-dealkylation sites (N-methyl/N-ethyl adjacent to an activating group) is 1. The monoisotopic (exact) mass is 1090 g/mol. The molecule has 0 saturated heterocycles. The lowest BCUT2D eigenvalue weighted by Gasteiger charge is -2.24. The average molecular weight is 1090 g/mol. The van der Waals surface area contributed by atoms with Gasteiger partial charge >= 0.3 is 19.8 Å². The van der Waals surface area contributed by atoms with Gasteiger partial charge in [0.25, 0.3) is 0 Å². The summed E-state index contributed by atoms with van der Waals surface area (Å²) in [4.78, 5) is 35.7. The highest BCUT2D eigenvalue weighted by molar-refractivity contribution is 7.47. The van der Waals surface area contributed by atoms with E-state index in [1.54, 1.807) is 0 Å². The zero-order chi connectivity index (χ0) is 55.6. The van der Waals surface area contributed by atoms with Gasteiger partial charge in [0.1, 0.15) is 19.8 Å². The Bertz CT molecular complexity index is 1470. The van der Waals surface area contributed by atoms with E-state index in [9.17, 15) is 19.0 Å². The van der Waals surface area contributed by atoms with Crippen molar-refractivity contribution in [1.82, 2.24) is 0 Å². The number of rotatable bonds is 59. The van der Waals surface area contributed by atoms with Gasteiger partial charge in [0.15, 0.2) is 6.10 Å². The molecule has 10 heteroatoms. The molecule has 0 fully saturated rings. The number of ether oxygens (including phenoxy) is 2. The summed E-state index contributed by atoms with van der Waals surface area (Å²) in [6.07, 6.45) is 74.8. The topological polar surface area (TPSA) is 108 Å². The molecular formula is C66H123NO8P+. The highest BCUT2D eigenvalue weighted by Gasteiger charge is 2.27. The third-order valence-electron chi connectivity index (χ3n) is 14.0. The first kappa shape index (κ1) is 73.7. The van der Waals surface area contributed by atoms with Gasteiger partial charge in [0.2, 0.25) is 0 Å². The van der Waals surface area contributed by atoms with E-state index >= 15 is 0 Å². The number of nitrogens with zero attached hydrogens (tertiary/aromatic N) is 1. The number of allylic oxidation sites excluding steroid dienone is 10. The minimum Gasteiger partial charge on any atom is -0.462 e. The van der Waals surface area contributed by atoms with E-state index in [0.717, 1.165) is 70.6 Å². The van der Waals surface area contributed by atoms with Crippen molar-refractivity contribution in [2.24, 2.45) is 0 Å². The van der Waals surface area contributed by atoms with Crippen LogP contribution in [0, 0.1) is 0 Å². The Balaban J connectivity index is 3.97. The molecule has 76 heavy (non-hydrogen) atoms. The number of hydrogen-bond donors (Lipinski definition) is 1. The Kier molecular flexibility index (Phi) is 55.7. The van der Waals surface area contributed by atoms with Crippen LogP contribution in [0.2, 0.25) is 0 Å². The molecule has 0 aromatic rings. The molecule has 0 saturated carbocycles. The number of esters is 2. The van der Waals surface area contributed by atoms with Crippen molar-refractivity contribution in [2.45, 2.75) is 302 Å². The van der Waals surface area contributed by atoms with Gasteiger partial charge in [-0.1, -0.05) is 267 Å². The maximum absolute atomic E-state index is 12.8. The number of phosphoric ester groups is 1. The highest BCUT2D eigenvalue weighted by atomic mass is 31.2. The van der Waals surface area contributed by atoms with Crippen LogP contribution in [0.3, 0.4) is 0 Å². The van der Waals surface area contributed by atoms with Crippen LogP contribution in [0.15, 0.2) is 60.8 Å². The summed E-state index contributed by atoms with van der Waals surface area (Å²) in [5.41, 5.74) is 0. The third-order valence-corrected chi connectivity index (χ3v) is 15.0. The Labute approximate surface area is 470 Å². The lowest BCUT2D eigenvalue weighted by Crippen LogP contribution is -2.37. The first-order chi connectivity index (χ1) is 37.0. The van der Waals surface area contributed by atoms with Gasteiger partial charge in [-0.2, -0.15) is 0 Å². The van der Waals surface area contributed by atoms with E-state index < -0.39 is 26.5 Å². The summed E-state index contributed by atoms with van der Waals surface area (Å²) in [6.45, 7) is 4.32. The molecule has 0 rings (SSSR count). The maximum atomic E-state index is 12.8. The van der Waals surface area contributed by atoms with E-state index in [2.05, 4.69) is 74.6 Å². The number of carbonyl (C=O) groups excluding carboxylic acids is 2. The number of unbranched alkanes of at least 4 members (excludes halogenated alkanes) is 35. The summed E-state index contributed by atoms with van der Waals surface area (Å²) < 4.78 is 34.6. The molecule has 444 valence electrons. The van der Waals surface area contributed by atoms with Gasteiger partial charge in [-0.15, -0.1) is 0 Å². The lowest BCUT2D eigenvalue weighted by molar-refractivity contribution is -0.870. The second-order valence-electron chi connectivity index (χ2n) is 22.8. The van der Waals surface area contributed by atoms with Crippen LogP contribution in [-0.4, -0.2) is 74.9 Å². The van der Waals surface area contributed by atoms with Gasteiger partial charge in [-0.05, 0) is 77.0 Å². The minimum absolute atomic E-state index is 0.0258. The molecular weight excluding hydrogens is 966 g/mol. The number of hydrogen-bond acceptors (Lipinski definition) is 7. The molecule has 0 amide bonds. The summed E-state index contributed by atoms with van der Waals surface area (Å²) in [5.74, 6) is -0.816. The number of quaternary nitrogens is 1. The molecule has 0 aromatic carbocycles. The zero-order valence-corrected chi connectivity index (χ0v) is 51.4. The van der Waals surface area contributed by atoms with Crippen molar-refractivity contribution in [3.63, 3.8) is 0 Å². The Hall–Kier alpha value is -2.29. The molecule has 0 radical (unpaired) electrons. The second-order valence-corrected chi connectivity index (χ2v) is 24.2. The summed E-state index contributed by atoms with van der Waals surface area (Å²) in [5, 5.41) is 0. The van der Waals surface area contributed by atoms with Crippen molar-refractivity contribution in [1.29, 1.82) is 0 Å². The molecule has 1 N–H and O–H groups in total. The molecule has 2 unspecified atom stereocenters. The molecule has 0 aliphatic carbocycles. The van der Waals surface area contributed by atoms with E-state index in [1.807, 2.05) is 21.1 Å². The first-order valence-electron chi connectivity index (χ1n) is 32.0. The van der Waals surface area contributed by atoms with Gasteiger partial charge in [0.05, 0.1) is 27.7 Å². The molecule has 0 heterocycles. The molecule has 0 aromatic heterocycles. The smallest absolute Gasteiger partial charge is 0.462 e. The van der Waals surface area contributed by atoms with Gasteiger partial charge in [-0.25, -0.2) is 4.57 Å². The standard InChI is InChI=1S/C66H122NO8P/c1-6-8-10-12-14-16-18-20-22-24-25-26-27-28-29-30-31-32-33-34-35-36-37-38-39-40-41-43-44-46-48-50-52-54-56-58-65(68)72-62-64(63-74-76(70,71)73-61-60-67(3,4)5)75-66(69)59-57-55-53-51-49-47-45-42-23-21-19-17-15-13-11-9-7-2/h9,11,15,17,21,23-25,45,47,64H,6-8,10,12-14,16,18-20,22,26-44,46,48-63H2,1-5H3/p+1/b11-9-,17-15-,23-21-,25-24-,47-45-. The lowest BCUT2D eigenvalue weighted by atomic mass is 10.0. The second kappa shape index (κ2) is 57.4. The third kappa shape index (κ3) is 60.9. The van der Waals surface area contributed by atoms with Gasteiger partial charge < -0.3 is 18.9 Å². The average Bonchev–Trinajstić information content (AvgIpc) is 3.38. The van der Waals surface area contributed by atoms with Crippen LogP contribution in [0.25, 0.3) is 0 Å². The molecule has 0 bridgehead atoms. The van der Waals surface area contributed by atoms with Crippen molar-refractivity contribution in [3.8, 4) is 0 Å². The normalized spacial score (nSPS) is 13.6. The van der Waals surface area contributed by atoms with Crippen LogP contribution < -0.4 is 0 Å². The minimum atomic E-state index is -4.39. The molecule has 0 aliphatic rings. The fourth-order valence-electron chi connectivity index (χ4n) is 9.12. The van der Waals surface area contributed by atoms with Crippen molar-refractivity contribution >= 4 is 19.8 Å². The quantitative estimate of drug-likeness (QED) is 0.0211. The van der Waals surface area contributed by atoms with Crippen LogP contribution in [0.5, 0.6) is 0 Å². The predicted octanol–water partition coefficient (Wildman–Crippen LogP) is 20.3. The SMILES string of the molecule is CC/C=C\C/C=C\C/C=C\C/C=C\CCCCCCC(=O)OC(COC(=O)CCCCCCCCCCCCCCCCCCCCCCCCC/C=C\CCCCCCCCCC)COP(=O)(O)OCC[N+](C)(C)C. The van der Waals surface area contributed by atoms with E-state index in [-0.39, 0.29) is 32.0 Å². The Morgan fingerprint density at radius 3 is 1.13 bits per heavy atom. The predicted molar refractivity (Wildman–Crippen MR) is 326 cm³/mol. The molecule has 9 nitrogen and oxygen atoms in total. The molecule has 0 spiro atoms. The fraction of sp³-hybridized carbons (Fsp3) is 0.818. The van der Waals surface area contributed by atoms with Crippen LogP contribution >= 0.6 is 7.82 Å². The van der Waals surface area contributed by atoms with Gasteiger partial charge in [0, 0.05) is 12.8 Å². The first-order valence-corrected chi connectivity index (χ1v) is 33.5. The van der Waals surface area contributed by atoms with Crippen molar-refractivity contribution in [2.75, 3.05) is 47.5 Å². The van der Waals surface area contributed by atoms with Gasteiger partial charge in [-0.3, -0.25) is 18.6 Å². The Morgan fingerprint density at radius 1 is 0.421 bits per heavy atom. The zero-order valence-electron chi connectivity index (χ0n) is 50.5. The van der Waals surface area contributed by atoms with E-state index in [4.69, 9.17) is 18.5 Å².